The fourth-order valence-corrected chi connectivity index (χ4v) is 1.67. The molecular formula is C14H22N2O. The van der Waals surface area contributed by atoms with Crippen molar-refractivity contribution in [3.8, 4) is 0 Å². The molecule has 94 valence electrons. The van der Waals surface area contributed by atoms with E-state index in [2.05, 4.69) is 10.2 Å². The lowest BCUT2D eigenvalue weighted by Crippen LogP contribution is -2.28. The zero-order chi connectivity index (χ0) is 12.7. The van der Waals surface area contributed by atoms with E-state index in [0.29, 0.717) is 6.42 Å². The Kier molecular flexibility index (Phi) is 5.70. The summed E-state index contributed by atoms with van der Waals surface area (Å²) >= 11 is 0. The summed E-state index contributed by atoms with van der Waals surface area (Å²) in [4.78, 5) is 13.8. The first kappa shape index (κ1) is 13.7. The number of amides is 1. The molecule has 3 nitrogen and oxygen atoms in total. The van der Waals surface area contributed by atoms with Crippen LogP contribution in [0.25, 0.3) is 0 Å². The van der Waals surface area contributed by atoms with Crippen molar-refractivity contribution in [1.82, 2.24) is 10.2 Å². The molecule has 1 N–H and O–H groups in total. The van der Waals surface area contributed by atoms with E-state index in [-0.39, 0.29) is 5.91 Å². The van der Waals surface area contributed by atoms with Crippen LogP contribution < -0.4 is 5.32 Å². The van der Waals surface area contributed by atoms with Crippen LogP contribution in [0.15, 0.2) is 24.3 Å². The molecule has 0 aliphatic heterocycles. The summed E-state index contributed by atoms with van der Waals surface area (Å²) in [6, 6.07) is 8.01. The Balaban J connectivity index is 2.28. The predicted octanol–water partition coefficient (Wildman–Crippen LogP) is 1.61. The van der Waals surface area contributed by atoms with E-state index >= 15 is 0 Å². The second-order valence-electron chi connectivity index (χ2n) is 4.61. The van der Waals surface area contributed by atoms with E-state index in [9.17, 15) is 4.79 Å². The van der Waals surface area contributed by atoms with Gasteiger partial charge in [-0.05, 0) is 45.1 Å². The van der Waals surface area contributed by atoms with E-state index in [1.807, 2.05) is 45.3 Å². The minimum absolute atomic E-state index is 0.109. The predicted molar refractivity (Wildman–Crippen MR) is 71.1 cm³/mol. The molecule has 0 radical (unpaired) electrons. The second kappa shape index (κ2) is 7.07. The van der Waals surface area contributed by atoms with Gasteiger partial charge in [-0.1, -0.05) is 24.3 Å². The number of nitrogens with zero attached hydrogens (tertiary/aromatic N) is 1. The highest BCUT2D eigenvalue weighted by Gasteiger charge is 2.04. The van der Waals surface area contributed by atoms with Crippen molar-refractivity contribution < 1.29 is 4.79 Å². The highest BCUT2D eigenvalue weighted by Crippen LogP contribution is 2.07. The second-order valence-corrected chi connectivity index (χ2v) is 4.61. The minimum atomic E-state index is 0.109. The monoisotopic (exact) mass is 234 g/mol. The molecule has 1 amide bonds. The van der Waals surface area contributed by atoms with Gasteiger partial charge in [-0.25, -0.2) is 0 Å². The zero-order valence-electron chi connectivity index (χ0n) is 11.0. The molecule has 0 spiro atoms. The van der Waals surface area contributed by atoms with Crippen LogP contribution in [0.1, 0.15) is 17.5 Å². The molecule has 17 heavy (non-hydrogen) atoms. The van der Waals surface area contributed by atoms with Crippen LogP contribution in [-0.2, 0) is 11.2 Å². The average Bonchev–Trinajstić information content (AvgIpc) is 2.27. The van der Waals surface area contributed by atoms with E-state index in [0.717, 1.165) is 25.1 Å². The van der Waals surface area contributed by atoms with Gasteiger partial charge in [-0.2, -0.15) is 0 Å². The van der Waals surface area contributed by atoms with Crippen molar-refractivity contribution in [2.24, 2.45) is 0 Å². The molecule has 3 heteroatoms. The largest absolute Gasteiger partial charge is 0.356 e. The first-order chi connectivity index (χ1) is 8.09. The van der Waals surface area contributed by atoms with Gasteiger partial charge in [0.1, 0.15) is 0 Å². The first-order valence-electron chi connectivity index (χ1n) is 6.05. The maximum atomic E-state index is 11.7. The number of hydrogen-bond acceptors (Lipinski definition) is 2. The molecule has 0 atom stereocenters. The van der Waals surface area contributed by atoms with Gasteiger partial charge in [0.15, 0.2) is 0 Å². The zero-order valence-corrected chi connectivity index (χ0v) is 11.0. The van der Waals surface area contributed by atoms with Crippen LogP contribution in [0.5, 0.6) is 0 Å². The Morgan fingerprint density at radius 2 is 2.00 bits per heavy atom. The molecule has 0 heterocycles. The third-order valence-corrected chi connectivity index (χ3v) is 2.72. The Labute approximate surface area is 104 Å². The first-order valence-corrected chi connectivity index (χ1v) is 6.05. The Hall–Kier alpha value is -1.35. The van der Waals surface area contributed by atoms with Gasteiger partial charge in [0.2, 0.25) is 5.91 Å². The highest BCUT2D eigenvalue weighted by atomic mass is 16.1. The number of carbonyl (C=O) groups is 1. The minimum Gasteiger partial charge on any atom is -0.356 e. The summed E-state index contributed by atoms with van der Waals surface area (Å²) in [6.45, 7) is 3.79. The summed E-state index contributed by atoms with van der Waals surface area (Å²) < 4.78 is 0. The van der Waals surface area contributed by atoms with E-state index in [4.69, 9.17) is 0 Å². The number of benzene rings is 1. The molecule has 0 fully saturated rings. The quantitative estimate of drug-likeness (QED) is 0.758. The number of hydrogen-bond donors (Lipinski definition) is 1. The molecule has 1 aromatic rings. The normalized spacial score (nSPS) is 10.6. The molecule has 0 saturated carbocycles. The summed E-state index contributed by atoms with van der Waals surface area (Å²) in [6.07, 6.45) is 1.47. The molecule has 1 rings (SSSR count). The van der Waals surface area contributed by atoms with E-state index in [1.165, 1.54) is 5.56 Å². The topological polar surface area (TPSA) is 32.3 Å². The van der Waals surface area contributed by atoms with Crippen LogP contribution in [0, 0.1) is 6.92 Å². The summed E-state index contributed by atoms with van der Waals surface area (Å²) in [7, 11) is 4.07. The summed E-state index contributed by atoms with van der Waals surface area (Å²) in [5.41, 5.74) is 2.29. The lowest BCUT2D eigenvalue weighted by atomic mass is 10.1. The molecule has 0 aliphatic rings. The fourth-order valence-electron chi connectivity index (χ4n) is 1.67. The maximum absolute atomic E-state index is 11.7. The highest BCUT2D eigenvalue weighted by molar-refractivity contribution is 5.78. The van der Waals surface area contributed by atoms with Crippen molar-refractivity contribution in [1.29, 1.82) is 0 Å². The summed E-state index contributed by atoms with van der Waals surface area (Å²) in [5.74, 6) is 0.109. The molecule has 0 aliphatic carbocycles. The Morgan fingerprint density at radius 1 is 1.29 bits per heavy atom. The van der Waals surface area contributed by atoms with Crippen molar-refractivity contribution in [2.45, 2.75) is 19.8 Å². The average molecular weight is 234 g/mol. The van der Waals surface area contributed by atoms with Crippen LogP contribution in [0.3, 0.4) is 0 Å². The SMILES string of the molecule is Cc1ccccc1CC(=O)NCCCN(C)C. The van der Waals surface area contributed by atoms with Gasteiger partial charge >= 0.3 is 0 Å². The van der Waals surface area contributed by atoms with Gasteiger partial charge in [0.25, 0.3) is 0 Å². The molecule has 1 aromatic carbocycles. The van der Waals surface area contributed by atoms with Gasteiger partial charge in [-0.3, -0.25) is 4.79 Å². The lowest BCUT2D eigenvalue weighted by Gasteiger charge is -2.10. The maximum Gasteiger partial charge on any atom is 0.224 e. The van der Waals surface area contributed by atoms with Gasteiger partial charge in [0, 0.05) is 6.54 Å². The van der Waals surface area contributed by atoms with Crippen LogP contribution in [-0.4, -0.2) is 38.0 Å². The third-order valence-electron chi connectivity index (χ3n) is 2.72. The smallest absolute Gasteiger partial charge is 0.224 e. The molecule has 0 unspecified atom stereocenters. The molecule has 0 bridgehead atoms. The summed E-state index contributed by atoms with van der Waals surface area (Å²) in [5, 5.41) is 2.95. The Morgan fingerprint density at radius 3 is 2.65 bits per heavy atom. The van der Waals surface area contributed by atoms with Crippen molar-refractivity contribution in [3.63, 3.8) is 0 Å². The van der Waals surface area contributed by atoms with Gasteiger partial charge in [-0.15, -0.1) is 0 Å². The van der Waals surface area contributed by atoms with Crippen molar-refractivity contribution >= 4 is 5.91 Å². The molecular weight excluding hydrogens is 212 g/mol. The molecule has 0 aromatic heterocycles. The number of nitrogens with one attached hydrogen (secondary N) is 1. The number of aryl methyl sites for hydroxylation is 1. The van der Waals surface area contributed by atoms with Gasteiger partial charge < -0.3 is 10.2 Å². The van der Waals surface area contributed by atoms with E-state index in [1.54, 1.807) is 0 Å². The number of rotatable bonds is 6. The standard InChI is InChI=1S/C14H22N2O/c1-12-7-4-5-8-13(12)11-14(17)15-9-6-10-16(2)3/h4-5,7-8H,6,9-11H2,1-3H3,(H,15,17). The lowest BCUT2D eigenvalue weighted by molar-refractivity contribution is -0.120. The van der Waals surface area contributed by atoms with Crippen LogP contribution >= 0.6 is 0 Å². The third kappa shape index (κ3) is 5.50. The van der Waals surface area contributed by atoms with E-state index < -0.39 is 0 Å². The van der Waals surface area contributed by atoms with Crippen LogP contribution in [0.4, 0.5) is 0 Å². The number of carbonyl (C=O) groups excluding carboxylic acids is 1. The molecule has 0 saturated heterocycles. The van der Waals surface area contributed by atoms with Crippen LogP contribution in [0.2, 0.25) is 0 Å². The fraction of sp³-hybridized carbons (Fsp3) is 0.500. The van der Waals surface area contributed by atoms with Gasteiger partial charge in [0.05, 0.1) is 6.42 Å². The van der Waals surface area contributed by atoms with Crippen molar-refractivity contribution in [2.75, 3.05) is 27.2 Å². The Bertz CT molecular complexity index is 361. The van der Waals surface area contributed by atoms with Crippen molar-refractivity contribution in [3.05, 3.63) is 35.4 Å².